The van der Waals surface area contributed by atoms with E-state index in [1.54, 1.807) is 0 Å². The third-order valence-corrected chi connectivity index (χ3v) is 4.50. The van der Waals surface area contributed by atoms with Gasteiger partial charge in [0.1, 0.15) is 0 Å². The van der Waals surface area contributed by atoms with Crippen LogP contribution in [0.15, 0.2) is 0 Å². The Morgan fingerprint density at radius 3 is 2.62 bits per heavy atom. The number of hydrogen-bond acceptors (Lipinski definition) is 3. The van der Waals surface area contributed by atoms with E-state index in [1.165, 1.54) is 51.9 Å². The molecule has 1 aliphatic carbocycles. The van der Waals surface area contributed by atoms with Crippen molar-refractivity contribution in [3.8, 4) is 0 Å². The van der Waals surface area contributed by atoms with Crippen LogP contribution in [0.25, 0.3) is 0 Å². The lowest BCUT2D eigenvalue weighted by Crippen LogP contribution is -2.52. The Hall–Kier alpha value is -0.120. The zero-order chi connectivity index (χ0) is 11.5. The van der Waals surface area contributed by atoms with Crippen LogP contribution in [0.5, 0.6) is 0 Å². The van der Waals surface area contributed by atoms with E-state index in [2.05, 4.69) is 23.8 Å². The van der Waals surface area contributed by atoms with Gasteiger partial charge in [0.05, 0.1) is 0 Å². The summed E-state index contributed by atoms with van der Waals surface area (Å²) in [5.41, 5.74) is 6.22. The van der Waals surface area contributed by atoms with Crippen molar-refractivity contribution >= 4 is 0 Å². The van der Waals surface area contributed by atoms with Gasteiger partial charge in [0.15, 0.2) is 0 Å². The smallest absolute Gasteiger partial charge is 0.0192 e. The van der Waals surface area contributed by atoms with Gasteiger partial charge in [-0.25, -0.2) is 0 Å². The summed E-state index contributed by atoms with van der Waals surface area (Å²) in [5, 5.41) is 0. The molecule has 3 nitrogen and oxygen atoms in total. The first-order valence-electron chi connectivity index (χ1n) is 6.85. The maximum Gasteiger partial charge on any atom is 0.0192 e. The van der Waals surface area contributed by atoms with Crippen LogP contribution in [0.4, 0.5) is 0 Å². The van der Waals surface area contributed by atoms with Gasteiger partial charge in [0, 0.05) is 38.3 Å². The summed E-state index contributed by atoms with van der Waals surface area (Å²) in [4.78, 5) is 5.08. The van der Waals surface area contributed by atoms with Crippen molar-refractivity contribution in [3.05, 3.63) is 0 Å². The highest BCUT2D eigenvalue weighted by atomic mass is 15.3. The summed E-state index contributed by atoms with van der Waals surface area (Å²) in [6.45, 7) is 7.22. The second-order valence-electron chi connectivity index (χ2n) is 5.80. The zero-order valence-corrected chi connectivity index (χ0v) is 10.9. The Labute approximate surface area is 100.0 Å². The molecule has 1 saturated heterocycles. The number of nitrogens with two attached hydrogens (primary N) is 1. The number of nitrogens with zero attached hydrogens (tertiary/aromatic N) is 2. The van der Waals surface area contributed by atoms with Gasteiger partial charge in [-0.1, -0.05) is 12.8 Å². The molecule has 0 amide bonds. The van der Waals surface area contributed by atoms with E-state index in [4.69, 9.17) is 5.73 Å². The monoisotopic (exact) mass is 225 g/mol. The molecule has 1 heterocycles. The number of likely N-dealkylation sites (N-methyl/N-ethyl adjacent to an activating group) is 1. The Balaban J connectivity index is 1.80. The normalized spacial score (nSPS) is 38.8. The molecule has 0 spiro atoms. The molecule has 2 fully saturated rings. The minimum atomic E-state index is 0.462. The lowest BCUT2D eigenvalue weighted by Gasteiger charge is -2.41. The molecule has 2 aliphatic rings. The first-order valence-corrected chi connectivity index (χ1v) is 6.85. The van der Waals surface area contributed by atoms with Crippen molar-refractivity contribution in [2.45, 2.75) is 44.7 Å². The molecule has 3 atom stereocenters. The topological polar surface area (TPSA) is 32.5 Å². The predicted octanol–water partition coefficient (Wildman–Crippen LogP) is 1.14. The fraction of sp³-hybridized carbons (Fsp3) is 1.00. The highest BCUT2D eigenvalue weighted by molar-refractivity contribution is 4.84. The molecule has 2 N–H and O–H groups in total. The standard InChI is InChI=1S/C13H27N3/c1-11-9-16(8-7-15(11)2)10-12-5-3-4-6-13(12)14/h11-13H,3-10,14H2,1-2H3. The van der Waals surface area contributed by atoms with E-state index in [9.17, 15) is 0 Å². The molecule has 0 aromatic carbocycles. The predicted molar refractivity (Wildman–Crippen MR) is 68.5 cm³/mol. The first-order chi connectivity index (χ1) is 7.66. The molecule has 1 aliphatic heterocycles. The summed E-state index contributed by atoms with van der Waals surface area (Å²) in [7, 11) is 2.23. The molecule has 0 aromatic heterocycles. The van der Waals surface area contributed by atoms with Gasteiger partial charge in [-0.15, -0.1) is 0 Å². The van der Waals surface area contributed by atoms with Crippen LogP contribution in [0, 0.1) is 5.92 Å². The van der Waals surface area contributed by atoms with Gasteiger partial charge >= 0.3 is 0 Å². The van der Waals surface area contributed by atoms with Crippen molar-refractivity contribution in [1.82, 2.24) is 9.80 Å². The highest BCUT2D eigenvalue weighted by Gasteiger charge is 2.27. The van der Waals surface area contributed by atoms with Crippen LogP contribution in [0.2, 0.25) is 0 Å². The molecular formula is C13H27N3. The van der Waals surface area contributed by atoms with E-state index in [-0.39, 0.29) is 0 Å². The van der Waals surface area contributed by atoms with Crippen LogP contribution in [-0.4, -0.2) is 55.1 Å². The Kier molecular flexibility index (Phi) is 4.22. The average molecular weight is 225 g/mol. The molecule has 94 valence electrons. The quantitative estimate of drug-likeness (QED) is 0.765. The highest BCUT2D eigenvalue weighted by Crippen LogP contribution is 2.24. The van der Waals surface area contributed by atoms with Crippen molar-refractivity contribution in [2.24, 2.45) is 11.7 Å². The summed E-state index contributed by atoms with van der Waals surface area (Å²) in [6, 6.07) is 1.16. The molecule has 0 bridgehead atoms. The van der Waals surface area contributed by atoms with E-state index >= 15 is 0 Å². The minimum Gasteiger partial charge on any atom is -0.327 e. The van der Waals surface area contributed by atoms with Crippen LogP contribution < -0.4 is 5.73 Å². The number of hydrogen-bond donors (Lipinski definition) is 1. The van der Waals surface area contributed by atoms with Gasteiger partial charge < -0.3 is 15.5 Å². The molecule has 0 aromatic rings. The summed E-state index contributed by atoms with van der Waals surface area (Å²) >= 11 is 0. The molecule has 3 heteroatoms. The lowest BCUT2D eigenvalue weighted by molar-refractivity contribution is 0.0819. The van der Waals surface area contributed by atoms with Gasteiger partial charge in [-0.3, -0.25) is 0 Å². The van der Waals surface area contributed by atoms with Crippen LogP contribution in [0.3, 0.4) is 0 Å². The van der Waals surface area contributed by atoms with Crippen molar-refractivity contribution in [3.63, 3.8) is 0 Å². The van der Waals surface area contributed by atoms with E-state index in [0.717, 1.165) is 5.92 Å². The second-order valence-corrected chi connectivity index (χ2v) is 5.80. The molecular weight excluding hydrogens is 198 g/mol. The zero-order valence-electron chi connectivity index (χ0n) is 10.9. The summed E-state index contributed by atoms with van der Waals surface area (Å²) < 4.78 is 0. The summed E-state index contributed by atoms with van der Waals surface area (Å²) in [6.07, 6.45) is 5.33. The van der Waals surface area contributed by atoms with E-state index in [0.29, 0.717) is 12.1 Å². The fourth-order valence-electron chi connectivity index (χ4n) is 3.08. The number of rotatable bonds is 2. The lowest BCUT2D eigenvalue weighted by atomic mass is 9.84. The van der Waals surface area contributed by atoms with Crippen molar-refractivity contribution in [1.29, 1.82) is 0 Å². The molecule has 0 radical (unpaired) electrons. The van der Waals surface area contributed by atoms with E-state index in [1.807, 2.05) is 0 Å². The third-order valence-electron chi connectivity index (χ3n) is 4.50. The first kappa shape index (κ1) is 12.3. The number of piperazine rings is 1. The van der Waals surface area contributed by atoms with Gasteiger partial charge in [-0.05, 0) is 32.7 Å². The molecule has 2 rings (SSSR count). The molecule has 16 heavy (non-hydrogen) atoms. The minimum absolute atomic E-state index is 0.462. The second kappa shape index (κ2) is 5.48. The van der Waals surface area contributed by atoms with Gasteiger partial charge in [-0.2, -0.15) is 0 Å². The summed E-state index contributed by atoms with van der Waals surface area (Å²) in [5.74, 6) is 0.754. The van der Waals surface area contributed by atoms with Gasteiger partial charge in [0.25, 0.3) is 0 Å². The SMILES string of the molecule is CC1CN(CC2CCCCC2N)CCN1C. The Bertz CT molecular complexity index is 219. The Morgan fingerprint density at radius 1 is 1.19 bits per heavy atom. The van der Waals surface area contributed by atoms with E-state index < -0.39 is 0 Å². The van der Waals surface area contributed by atoms with Crippen LogP contribution >= 0.6 is 0 Å². The van der Waals surface area contributed by atoms with Crippen LogP contribution in [0.1, 0.15) is 32.6 Å². The van der Waals surface area contributed by atoms with Crippen LogP contribution in [-0.2, 0) is 0 Å². The average Bonchev–Trinajstić information content (AvgIpc) is 2.27. The maximum atomic E-state index is 6.22. The Morgan fingerprint density at radius 2 is 1.94 bits per heavy atom. The van der Waals surface area contributed by atoms with Crippen molar-refractivity contribution < 1.29 is 0 Å². The third kappa shape index (κ3) is 2.96. The van der Waals surface area contributed by atoms with Gasteiger partial charge in [0.2, 0.25) is 0 Å². The molecule has 1 saturated carbocycles. The fourth-order valence-corrected chi connectivity index (χ4v) is 3.08. The maximum absolute atomic E-state index is 6.22. The van der Waals surface area contributed by atoms with Crippen molar-refractivity contribution in [2.75, 3.05) is 33.2 Å². The molecule has 3 unspecified atom stereocenters. The largest absolute Gasteiger partial charge is 0.327 e.